The van der Waals surface area contributed by atoms with Crippen LogP contribution < -0.4 is 10.2 Å². The molecule has 2 N–H and O–H groups in total. The Morgan fingerprint density at radius 1 is 1.30 bits per heavy atom. The van der Waals surface area contributed by atoms with Crippen molar-refractivity contribution in [1.29, 1.82) is 0 Å². The van der Waals surface area contributed by atoms with Gasteiger partial charge in [-0.2, -0.15) is 4.98 Å². The molecule has 0 aliphatic carbocycles. The molecular formula is C12H10F2N4O2. The SMILES string of the molecule is ON/C=N/c1nc(OCc2ccc(F)cc2)ncc1F. The van der Waals surface area contributed by atoms with Crippen LogP contribution in [-0.4, -0.2) is 21.5 Å². The lowest BCUT2D eigenvalue weighted by atomic mass is 10.2. The average Bonchev–Trinajstić information content (AvgIpc) is 2.46. The van der Waals surface area contributed by atoms with E-state index >= 15 is 0 Å². The molecule has 0 amide bonds. The molecule has 0 saturated carbocycles. The molecule has 0 bridgehead atoms. The summed E-state index contributed by atoms with van der Waals surface area (Å²) in [5.41, 5.74) is 2.34. The van der Waals surface area contributed by atoms with Crippen LogP contribution in [-0.2, 0) is 6.61 Å². The molecule has 0 saturated heterocycles. The first kappa shape index (κ1) is 13.8. The zero-order valence-corrected chi connectivity index (χ0v) is 10.1. The van der Waals surface area contributed by atoms with Gasteiger partial charge in [-0.1, -0.05) is 12.1 Å². The van der Waals surface area contributed by atoms with Crippen molar-refractivity contribution in [3.05, 3.63) is 47.7 Å². The fourth-order valence-corrected chi connectivity index (χ4v) is 1.32. The minimum Gasteiger partial charge on any atom is -0.459 e. The van der Waals surface area contributed by atoms with Gasteiger partial charge < -0.3 is 4.74 Å². The fourth-order valence-electron chi connectivity index (χ4n) is 1.32. The van der Waals surface area contributed by atoms with Gasteiger partial charge >= 0.3 is 6.01 Å². The molecule has 1 aromatic carbocycles. The number of halogens is 2. The number of nitrogens with zero attached hydrogens (tertiary/aromatic N) is 3. The largest absolute Gasteiger partial charge is 0.459 e. The molecule has 0 radical (unpaired) electrons. The van der Waals surface area contributed by atoms with Gasteiger partial charge in [-0.05, 0) is 17.7 Å². The first-order chi connectivity index (χ1) is 9.69. The molecule has 0 unspecified atom stereocenters. The average molecular weight is 280 g/mol. The molecule has 0 fully saturated rings. The number of aliphatic imine (C=N–C) groups is 1. The highest BCUT2D eigenvalue weighted by atomic mass is 19.1. The van der Waals surface area contributed by atoms with Crippen molar-refractivity contribution >= 4 is 12.2 Å². The fraction of sp³-hybridized carbons (Fsp3) is 0.0833. The smallest absolute Gasteiger partial charge is 0.318 e. The summed E-state index contributed by atoms with van der Waals surface area (Å²) in [4.78, 5) is 10.9. The Kier molecular flexibility index (Phi) is 4.51. The predicted molar refractivity (Wildman–Crippen MR) is 65.8 cm³/mol. The Morgan fingerprint density at radius 2 is 2.05 bits per heavy atom. The molecule has 0 atom stereocenters. The summed E-state index contributed by atoms with van der Waals surface area (Å²) in [6, 6.07) is 5.61. The lowest BCUT2D eigenvalue weighted by Gasteiger charge is -2.05. The second kappa shape index (κ2) is 6.53. The summed E-state index contributed by atoms with van der Waals surface area (Å²) in [5.74, 6) is -1.39. The second-order valence-electron chi connectivity index (χ2n) is 3.63. The monoisotopic (exact) mass is 280 g/mol. The summed E-state index contributed by atoms with van der Waals surface area (Å²) >= 11 is 0. The van der Waals surface area contributed by atoms with Crippen molar-refractivity contribution < 1.29 is 18.7 Å². The van der Waals surface area contributed by atoms with E-state index in [2.05, 4.69) is 15.0 Å². The Hall–Kier alpha value is -2.61. The number of ether oxygens (including phenoxy) is 1. The highest BCUT2D eigenvalue weighted by molar-refractivity contribution is 5.57. The summed E-state index contributed by atoms with van der Waals surface area (Å²) in [6.45, 7) is 0.104. The van der Waals surface area contributed by atoms with Crippen molar-refractivity contribution in [1.82, 2.24) is 15.4 Å². The number of aromatic nitrogens is 2. The van der Waals surface area contributed by atoms with E-state index in [9.17, 15) is 8.78 Å². The molecule has 6 nitrogen and oxygen atoms in total. The zero-order valence-electron chi connectivity index (χ0n) is 10.1. The third kappa shape index (κ3) is 3.69. The summed E-state index contributed by atoms with van der Waals surface area (Å²) in [6.07, 6.45) is 1.76. The van der Waals surface area contributed by atoms with Crippen LogP contribution in [0.25, 0.3) is 0 Å². The maximum atomic E-state index is 13.3. The predicted octanol–water partition coefficient (Wildman–Crippen LogP) is 1.97. The van der Waals surface area contributed by atoms with Gasteiger partial charge in [-0.25, -0.2) is 18.8 Å². The number of hydrogen-bond acceptors (Lipinski definition) is 5. The van der Waals surface area contributed by atoms with E-state index in [0.717, 1.165) is 12.5 Å². The third-order valence-electron chi connectivity index (χ3n) is 2.23. The van der Waals surface area contributed by atoms with Crippen LogP contribution in [0.15, 0.2) is 35.5 Å². The Labute approximate surface area is 112 Å². The van der Waals surface area contributed by atoms with Crippen molar-refractivity contribution in [2.75, 3.05) is 0 Å². The summed E-state index contributed by atoms with van der Waals surface area (Å²) in [5, 5.41) is 8.34. The molecule has 104 valence electrons. The van der Waals surface area contributed by atoms with Gasteiger partial charge in [0.15, 0.2) is 11.6 Å². The minimum atomic E-state index is -0.759. The van der Waals surface area contributed by atoms with E-state index in [1.54, 1.807) is 17.6 Å². The highest BCUT2D eigenvalue weighted by Gasteiger charge is 2.06. The van der Waals surface area contributed by atoms with Crippen LogP contribution in [0.2, 0.25) is 0 Å². The third-order valence-corrected chi connectivity index (χ3v) is 2.23. The van der Waals surface area contributed by atoms with Gasteiger partial charge in [0.1, 0.15) is 18.8 Å². The second-order valence-corrected chi connectivity index (χ2v) is 3.63. The lowest BCUT2D eigenvalue weighted by molar-refractivity contribution is 0.240. The number of hydrogen-bond donors (Lipinski definition) is 2. The van der Waals surface area contributed by atoms with Crippen LogP contribution in [0.3, 0.4) is 0 Å². The van der Waals surface area contributed by atoms with Crippen molar-refractivity contribution in [3.8, 4) is 6.01 Å². The van der Waals surface area contributed by atoms with Gasteiger partial charge in [-0.3, -0.25) is 10.7 Å². The van der Waals surface area contributed by atoms with Gasteiger partial charge in [-0.15, -0.1) is 0 Å². The normalized spacial score (nSPS) is 10.8. The van der Waals surface area contributed by atoms with Crippen molar-refractivity contribution in [2.45, 2.75) is 6.61 Å². The molecule has 0 spiro atoms. The van der Waals surface area contributed by atoms with E-state index in [4.69, 9.17) is 9.94 Å². The van der Waals surface area contributed by atoms with Crippen LogP contribution >= 0.6 is 0 Å². The van der Waals surface area contributed by atoms with Crippen LogP contribution in [0.5, 0.6) is 6.01 Å². The maximum absolute atomic E-state index is 13.3. The molecule has 0 aliphatic heterocycles. The van der Waals surface area contributed by atoms with Gasteiger partial charge in [0.25, 0.3) is 0 Å². The van der Waals surface area contributed by atoms with Crippen LogP contribution in [0, 0.1) is 11.6 Å². The molecule has 20 heavy (non-hydrogen) atoms. The molecule has 8 heteroatoms. The number of rotatable bonds is 5. The van der Waals surface area contributed by atoms with Gasteiger partial charge in [0, 0.05) is 0 Å². The standard InChI is InChI=1S/C12H10F2N4O2/c13-9-3-1-8(2-4-9)6-20-12-15-5-10(14)11(18-12)16-7-17-19/h1-5,7,19H,6H2,(H,15,16,17,18). The zero-order chi connectivity index (χ0) is 14.4. The molecule has 2 aromatic rings. The first-order valence-electron chi connectivity index (χ1n) is 5.51. The lowest BCUT2D eigenvalue weighted by Crippen LogP contribution is -2.03. The van der Waals surface area contributed by atoms with E-state index in [1.807, 2.05) is 0 Å². The Balaban J connectivity index is 2.06. The first-order valence-corrected chi connectivity index (χ1v) is 5.51. The van der Waals surface area contributed by atoms with E-state index in [1.165, 1.54) is 12.1 Å². The van der Waals surface area contributed by atoms with Crippen molar-refractivity contribution in [3.63, 3.8) is 0 Å². The van der Waals surface area contributed by atoms with E-state index in [-0.39, 0.29) is 24.3 Å². The van der Waals surface area contributed by atoms with Crippen LogP contribution in [0.4, 0.5) is 14.6 Å². The topological polar surface area (TPSA) is 79.6 Å². The maximum Gasteiger partial charge on any atom is 0.318 e. The van der Waals surface area contributed by atoms with Crippen molar-refractivity contribution in [2.24, 2.45) is 4.99 Å². The van der Waals surface area contributed by atoms with E-state index in [0.29, 0.717) is 5.56 Å². The van der Waals surface area contributed by atoms with E-state index < -0.39 is 5.82 Å². The quantitative estimate of drug-likeness (QED) is 0.497. The van der Waals surface area contributed by atoms with Crippen LogP contribution in [0.1, 0.15) is 5.56 Å². The number of nitrogens with one attached hydrogen (secondary N) is 1. The Morgan fingerprint density at radius 3 is 2.75 bits per heavy atom. The Bertz CT molecular complexity index is 605. The summed E-state index contributed by atoms with van der Waals surface area (Å²) in [7, 11) is 0. The summed E-state index contributed by atoms with van der Waals surface area (Å²) < 4.78 is 31.2. The molecule has 2 rings (SSSR count). The van der Waals surface area contributed by atoms with Gasteiger partial charge in [0.05, 0.1) is 6.20 Å². The molecule has 1 aromatic heterocycles. The molecule has 1 heterocycles. The molecular weight excluding hydrogens is 270 g/mol. The number of benzene rings is 1. The van der Waals surface area contributed by atoms with Gasteiger partial charge in [0.2, 0.25) is 0 Å². The number of hydroxylamine groups is 1. The minimum absolute atomic E-state index is 0.0826. The molecule has 0 aliphatic rings. The highest BCUT2D eigenvalue weighted by Crippen LogP contribution is 2.16.